The third-order valence-electron chi connectivity index (χ3n) is 2.89. The lowest BCUT2D eigenvalue weighted by atomic mass is 10.3. The summed E-state index contributed by atoms with van der Waals surface area (Å²) in [5.41, 5.74) is 0.213. The van der Waals surface area contributed by atoms with Crippen LogP contribution in [0.2, 0.25) is 0 Å². The molecule has 0 saturated heterocycles. The maximum Gasteiger partial charge on any atom is 0.335 e. The van der Waals surface area contributed by atoms with Crippen LogP contribution in [0.1, 0.15) is 13.8 Å². The highest BCUT2D eigenvalue weighted by atomic mass is 32.2. The van der Waals surface area contributed by atoms with Crippen molar-refractivity contribution < 1.29 is 27.5 Å². The van der Waals surface area contributed by atoms with Crippen LogP contribution in [0, 0.1) is 0 Å². The van der Waals surface area contributed by atoms with Gasteiger partial charge in [-0.2, -0.15) is 0 Å². The summed E-state index contributed by atoms with van der Waals surface area (Å²) in [7, 11) is -3.88. The van der Waals surface area contributed by atoms with Crippen molar-refractivity contribution in [2.24, 2.45) is 5.14 Å². The molecule has 0 aliphatic heterocycles. The molecule has 1 rings (SSSR count). The van der Waals surface area contributed by atoms with E-state index in [4.69, 9.17) is 14.6 Å². The fourth-order valence-electron chi connectivity index (χ4n) is 1.60. The first-order valence-corrected chi connectivity index (χ1v) is 8.56. The maximum absolute atomic E-state index is 12.0. The number of hydrogen-bond donors (Lipinski definition) is 2. The van der Waals surface area contributed by atoms with Crippen molar-refractivity contribution >= 4 is 27.6 Å². The van der Waals surface area contributed by atoms with Crippen LogP contribution in [0.3, 0.4) is 0 Å². The average molecular weight is 356 g/mol. The molecule has 1 aromatic carbocycles. The quantitative estimate of drug-likeness (QED) is 0.524. The molecule has 24 heavy (non-hydrogen) atoms. The van der Waals surface area contributed by atoms with Gasteiger partial charge >= 0.3 is 5.97 Å². The predicted molar refractivity (Wildman–Crippen MR) is 87.6 cm³/mol. The largest absolute Gasteiger partial charge is 0.451 e. The zero-order valence-corrected chi connectivity index (χ0v) is 14.2. The van der Waals surface area contributed by atoms with E-state index in [9.17, 15) is 18.0 Å². The summed E-state index contributed by atoms with van der Waals surface area (Å²) in [6.07, 6.45) is -0.451. The van der Waals surface area contributed by atoms with E-state index in [-0.39, 0.29) is 17.2 Å². The molecule has 8 nitrogen and oxygen atoms in total. The Bertz CT molecular complexity index is 716. The lowest BCUT2D eigenvalue weighted by Gasteiger charge is -2.16. The standard InChI is InChI=1S/C15H20N2O6S/c1-4-8-22-11(3)15(19)23-10(2)14(18)17-12-6-5-7-13(9-12)24(16,20)21/h4-7,9-11H,1,8H2,2-3H3,(H,17,18)(H2,16,20,21). The van der Waals surface area contributed by atoms with Crippen molar-refractivity contribution in [3.63, 3.8) is 0 Å². The van der Waals surface area contributed by atoms with Crippen molar-refractivity contribution in [2.75, 3.05) is 11.9 Å². The van der Waals surface area contributed by atoms with Crippen molar-refractivity contribution in [3.8, 4) is 0 Å². The van der Waals surface area contributed by atoms with E-state index in [0.29, 0.717) is 0 Å². The second-order valence-electron chi connectivity index (χ2n) is 4.91. The minimum atomic E-state index is -3.88. The number of nitrogens with two attached hydrogens (primary N) is 1. The Morgan fingerprint density at radius 2 is 2.00 bits per heavy atom. The minimum absolute atomic E-state index is 0.142. The van der Waals surface area contributed by atoms with Crippen molar-refractivity contribution in [2.45, 2.75) is 31.0 Å². The summed E-state index contributed by atoms with van der Waals surface area (Å²) >= 11 is 0. The van der Waals surface area contributed by atoms with Crippen molar-refractivity contribution in [1.82, 2.24) is 0 Å². The molecule has 132 valence electrons. The molecule has 1 amide bonds. The summed E-state index contributed by atoms with van der Waals surface area (Å²) in [4.78, 5) is 23.6. The van der Waals surface area contributed by atoms with Gasteiger partial charge in [0.1, 0.15) is 0 Å². The van der Waals surface area contributed by atoms with Gasteiger partial charge in [0.05, 0.1) is 11.5 Å². The minimum Gasteiger partial charge on any atom is -0.451 e. The second kappa shape index (κ2) is 8.57. The number of benzene rings is 1. The van der Waals surface area contributed by atoms with Crippen LogP contribution in [0.4, 0.5) is 5.69 Å². The Morgan fingerprint density at radius 3 is 2.58 bits per heavy atom. The van der Waals surface area contributed by atoms with E-state index in [1.807, 2.05) is 0 Å². The third kappa shape index (κ3) is 6.11. The third-order valence-corrected chi connectivity index (χ3v) is 3.80. The Balaban J connectivity index is 2.67. The number of anilines is 1. The number of nitrogens with one attached hydrogen (secondary N) is 1. The molecule has 0 radical (unpaired) electrons. The normalized spacial score (nSPS) is 13.6. The number of carbonyl (C=O) groups excluding carboxylic acids is 2. The molecule has 0 spiro atoms. The van der Waals surface area contributed by atoms with Gasteiger partial charge in [-0.3, -0.25) is 4.79 Å². The zero-order chi connectivity index (χ0) is 18.3. The van der Waals surface area contributed by atoms with Gasteiger partial charge in [-0.15, -0.1) is 6.58 Å². The molecular weight excluding hydrogens is 336 g/mol. The Labute approximate surface area is 140 Å². The monoisotopic (exact) mass is 356 g/mol. The number of hydrogen-bond acceptors (Lipinski definition) is 6. The average Bonchev–Trinajstić information content (AvgIpc) is 2.51. The Hall–Kier alpha value is -2.23. The molecule has 0 heterocycles. The molecule has 0 aliphatic rings. The van der Waals surface area contributed by atoms with Gasteiger partial charge in [-0.25, -0.2) is 18.4 Å². The van der Waals surface area contributed by atoms with Crippen LogP contribution in [-0.4, -0.2) is 39.1 Å². The zero-order valence-electron chi connectivity index (χ0n) is 13.4. The molecule has 3 N–H and O–H groups in total. The smallest absolute Gasteiger partial charge is 0.335 e. The number of sulfonamides is 1. The van der Waals surface area contributed by atoms with E-state index < -0.39 is 34.1 Å². The number of rotatable bonds is 8. The fourth-order valence-corrected chi connectivity index (χ4v) is 2.16. The second-order valence-corrected chi connectivity index (χ2v) is 6.47. The highest BCUT2D eigenvalue weighted by Gasteiger charge is 2.22. The van der Waals surface area contributed by atoms with Gasteiger partial charge in [0.15, 0.2) is 12.2 Å². The van der Waals surface area contributed by atoms with E-state index >= 15 is 0 Å². The predicted octanol–water partition coefficient (Wildman–Crippen LogP) is 0.795. The molecule has 1 aromatic rings. The fraction of sp³-hybridized carbons (Fsp3) is 0.333. The summed E-state index contributed by atoms with van der Waals surface area (Å²) in [6.45, 7) is 6.52. The van der Waals surface area contributed by atoms with Gasteiger partial charge in [0.2, 0.25) is 10.0 Å². The van der Waals surface area contributed by atoms with E-state index in [2.05, 4.69) is 11.9 Å². The molecule has 0 bridgehead atoms. The topological polar surface area (TPSA) is 125 Å². The summed E-state index contributed by atoms with van der Waals surface area (Å²) in [6, 6.07) is 5.42. The molecule has 2 atom stereocenters. The molecule has 9 heteroatoms. The van der Waals surface area contributed by atoms with Crippen molar-refractivity contribution in [3.05, 3.63) is 36.9 Å². The number of esters is 1. The highest BCUT2D eigenvalue weighted by molar-refractivity contribution is 7.89. The first-order chi connectivity index (χ1) is 11.1. The lowest BCUT2D eigenvalue weighted by Crippen LogP contribution is -2.34. The number of ether oxygens (including phenoxy) is 2. The van der Waals surface area contributed by atoms with Gasteiger partial charge in [-0.05, 0) is 32.0 Å². The van der Waals surface area contributed by atoms with Crippen LogP contribution in [0.5, 0.6) is 0 Å². The van der Waals surface area contributed by atoms with Gasteiger partial charge in [0, 0.05) is 5.69 Å². The summed E-state index contributed by atoms with van der Waals surface area (Å²) < 4.78 is 32.7. The molecule has 0 aromatic heterocycles. The maximum atomic E-state index is 12.0. The van der Waals surface area contributed by atoms with Crippen LogP contribution in [0.25, 0.3) is 0 Å². The molecular formula is C15H20N2O6S. The van der Waals surface area contributed by atoms with E-state index in [1.165, 1.54) is 44.2 Å². The van der Waals surface area contributed by atoms with Crippen molar-refractivity contribution in [1.29, 1.82) is 0 Å². The molecule has 2 unspecified atom stereocenters. The molecule has 0 aliphatic carbocycles. The summed E-state index contributed by atoms with van der Waals surface area (Å²) in [5.74, 6) is -1.32. The summed E-state index contributed by atoms with van der Waals surface area (Å²) in [5, 5.41) is 7.47. The number of carbonyl (C=O) groups is 2. The number of amides is 1. The van der Waals surface area contributed by atoms with Gasteiger partial charge < -0.3 is 14.8 Å². The van der Waals surface area contributed by atoms with E-state index in [1.54, 1.807) is 0 Å². The molecule has 0 saturated carbocycles. The van der Waals surface area contributed by atoms with Crippen LogP contribution in [0.15, 0.2) is 41.8 Å². The van der Waals surface area contributed by atoms with Crippen LogP contribution in [-0.2, 0) is 29.1 Å². The first kappa shape index (κ1) is 19.8. The Kier molecular flexibility index (Phi) is 7.08. The van der Waals surface area contributed by atoms with Gasteiger partial charge in [-0.1, -0.05) is 12.1 Å². The Morgan fingerprint density at radius 1 is 1.33 bits per heavy atom. The SMILES string of the molecule is C=CCOC(C)C(=O)OC(C)C(=O)Nc1cccc(S(N)(=O)=O)c1. The van der Waals surface area contributed by atoms with Crippen LogP contribution < -0.4 is 10.5 Å². The number of primary sulfonamides is 1. The van der Waals surface area contributed by atoms with E-state index in [0.717, 1.165) is 0 Å². The lowest BCUT2D eigenvalue weighted by molar-refractivity contribution is -0.163. The first-order valence-electron chi connectivity index (χ1n) is 7.02. The van der Waals surface area contributed by atoms with Gasteiger partial charge in [0.25, 0.3) is 5.91 Å². The van der Waals surface area contributed by atoms with Crippen LogP contribution >= 0.6 is 0 Å². The highest BCUT2D eigenvalue weighted by Crippen LogP contribution is 2.14. The molecule has 0 fully saturated rings.